The molecule has 0 fully saturated rings. The standard InChI is InChI=1S/C16H19NO/c1-3-10(2)11-7-8-15-13(9-11)16(18)12-5-4-6-14(12)17-15/h7-10H,3-6H2,1-2H3,(H,17,18). The van der Waals surface area contributed by atoms with Crippen LogP contribution in [0.1, 0.15) is 49.4 Å². The molecule has 2 heteroatoms. The Morgan fingerprint density at radius 1 is 1.33 bits per heavy atom. The van der Waals surface area contributed by atoms with Crippen LogP contribution in [0.5, 0.6) is 0 Å². The van der Waals surface area contributed by atoms with E-state index in [0.717, 1.165) is 47.8 Å². The summed E-state index contributed by atoms with van der Waals surface area (Å²) >= 11 is 0. The monoisotopic (exact) mass is 241 g/mol. The predicted molar refractivity (Wildman–Crippen MR) is 75.3 cm³/mol. The van der Waals surface area contributed by atoms with Crippen LogP contribution in [0.2, 0.25) is 0 Å². The maximum atomic E-state index is 12.5. The molecule has 0 bridgehead atoms. The van der Waals surface area contributed by atoms with E-state index < -0.39 is 0 Å². The van der Waals surface area contributed by atoms with Crippen LogP contribution in [0.15, 0.2) is 23.0 Å². The molecule has 3 rings (SSSR count). The number of benzene rings is 1. The number of H-pyrrole nitrogens is 1. The fourth-order valence-electron chi connectivity index (χ4n) is 2.86. The van der Waals surface area contributed by atoms with Crippen molar-refractivity contribution in [3.63, 3.8) is 0 Å². The molecular formula is C16H19NO. The third kappa shape index (κ3) is 1.67. The van der Waals surface area contributed by atoms with Crippen LogP contribution < -0.4 is 5.43 Å². The average molecular weight is 241 g/mol. The van der Waals surface area contributed by atoms with Crippen molar-refractivity contribution in [2.24, 2.45) is 0 Å². The van der Waals surface area contributed by atoms with Gasteiger partial charge in [-0.1, -0.05) is 19.9 Å². The Morgan fingerprint density at radius 3 is 2.94 bits per heavy atom. The van der Waals surface area contributed by atoms with Crippen molar-refractivity contribution in [1.82, 2.24) is 4.98 Å². The Bertz CT molecular complexity index is 654. The Kier molecular flexibility index (Phi) is 2.73. The molecule has 1 aliphatic carbocycles. The van der Waals surface area contributed by atoms with Gasteiger partial charge in [-0.25, -0.2) is 0 Å². The molecule has 1 aromatic heterocycles. The smallest absolute Gasteiger partial charge is 0.192 e. The summed E-state index contributed by atoms with van der Waals surface area (Å²) in [7, 11) is 0. The van der Waals surface area contributed by atoms with Gasteiger partial charge in [-0.3, -0.25) is 4.79 Å². The molecule has 2 nitrogen and oxygen atoms in total. The topological polar surface area (TPSA) is 32.9 Å². The lowest BCUT2D eigenvalue weighted by atomic mass is 9.96. The molecule has 0 spiro atoms. The summed E-state index contributed by atoms with van der Waals surface area (Å²) in [5.74, 6) is 0.516. The number of rotatable bonds is 2. The SMILES string of the molecule is CCC(C)c1ccc2[nH]c3c(c(=O)c2c1)CCC3. The van der Waals surface area contributed by atoms with Gasteiger partial charge in [-0.15, -0.1) is 0 Å². The van der Waals surface area contributed by atoms with Gasteiger partial charge in [-0.2, -0.15) is 0 Å². The van der Waals surface area contributed by atoms with E-state index in [4.69, 9.17) is 0 Å². The van der Waals surface area contributed by atoms with Gasteiger partial charge in [0, 0.05) is 22.2 Å². The van der Waals surface area contributed by atoms with Crippen LogP contribution in [-0.2, 0) is 12.8 Å². The highest BCUT2D eigenvalue weighted by atomic mass is 16.1. The zero-order valence-corrected chi connectivity index (χ0v) is 11.0. The van der Waals surface area contributed by atoms with Gasteiger partial charge < -0.3 is 4.98 Å². The van der Waals surface area contributed by atoms with Crippen molar-refractivity contribution < 1.29 is 0 Å². The molecule has 18 heavy (non-hydrogen) atoms. The summed E-state index contributed by atoms with van der Waals surface area (Å²) < 4.78 is 0. The van der Waals surface area contributed by atoms with Crippen LogP contribution in [0.4, 0.5) is 0 Å². The number of nitrogens with one attached hydrogen (secondary N) is 1. The summed E-state index contributed by atoms with van der Waals surface area (Å²) in [6.07, 6.45) is 4.17. The first-order chi connectivity index (χ1) is 8.70. The van der Waals surface area contributed by atoms with Crippen LogP contribution >= 0.6 is 0 Å². The second-order valence-corrected chi connectivity index (χ2v) is 5.38. The van der Waals surface area contributed by atoms with Gasteiger partial charge in [0.05, 0.1) is 0 Å². The van der Waals surface area contributed by atoms with Crippen LogP contribution in [0, 0.1) is 0 Å². The molecule has 1 N–H and O–H groups in total. The molecule has 94 valence electrons. The lowest BCUT2D eigenvalue weighted by Gasteiger charge is -2.11. The van der Waals surface area contributed by atoms with E-state index in [-0.39, 0.29) is 5.43 Å². The Hall–Kier alpha value is -1.57. The van der Waals surface area contributed by atoms with Gasteiger partial charge >= 0.3 is 0 Å². The summed E-state index contributed by atoms with van der Waals surface area (Å²) in [5, 5.41) is 0.869. The first-order valence-corrected chi connectivity index (χ1v) is 6.88. The van der Waals surface area contributed by atoms with E-state index in [0.29, 0.717) is 5.92 Å². The van der Waals surface area contributed by atoms with Crippen molar-refractivity contribution in [2.45, 2.75) is 45.4 Å². The van der Waals surface area contributed by atoms with Crippen molar-refractivity contribution in [1.29, 1.82) is 0 Å². The molecule has 1 heterocycles. The van der Waals surface area contributed by atoms with Crippen LogP contribution in [0.25, 0.3) is 10.9 Å². The third-order valence-corrected chi connectivity index (χ3v) is 4.25. The largest absolute Gasteiger partial charge is 0.358 e. The molecular weight excluding hydrogens is 222 g/mol. The number of hydrogen-bond donors (Lipinski definition) is 1. The zero-order valence-electron chi connectivity index (χ0n) is 11.0. The minimum Gasteiger partial charge on any atom is -0.358 e. The fourth-order valence-corrected chi connectivity index (χ4v) is 2.86. The van der Waals surface area contributed by atoms with Crippen molar-refractivity contribution in [3.8, 4) is 0 Å². The molecule has 2 aromatic rings. The van der Waals surface area contributed by atoms with E-state index in [1.54, 1.807) is 0 Å². The highest BCUT2D eigenvalue weighted by Gasteiger charge is 2.17. The number of pyridine rings is 1. The second-order valence-electron chi connectivity index (χ2n) is 5.38. The molecule has 1 atom stereocenters. The Balaban J connectivity index is 2.25. The molecule has 0 aliphatic heterocycles. The molecule has 1 aliphatic rings. The van der Waals surface area contributed by atoms with E-state index in [2.05, 4.69) is 37.0 Å². The van der Waals surface area contributed by atoms with E-state index >= 15 is 0 Å². The maximum absolute atomic E-state index is 12.5. The summed E-state index contributed by atoms with van der Waals surface area (Å²) in [4.78, 5) is 15.9. The lowest BCUT2D eigenvalue weighted by molar-refractivity contribution is 0.734. The van der Waals surface area contributed by atoms with Crippen LogP contribution in [-0.4, -0.2) is 4.98 Å². The first-order valence-electron chi connectivity index (χ1n) is 6.88. The predicted octanol–water partition coefficient (Wildman–Crippen LogP) is 3.53. The summed E-state index contributed by atoms with van der Waals surface area (Å²) in [6, 6.07) is 6.30. The van der Waals surface area contributed by atoms with Crippen molar-refractivity contribution in [2.75, 3.05) is 0 Å². The molecule has 1 aromatic carbocycles. The Morgan fingerprint density at radius 2 is 2.17 bits per heavy atom. The average Bonchev–Trinajstić information content (AvgIpc) is 2.86. The quantitative estimate of drug-likeness (QED) is 0.857. The number of aryl methyl sites for hydroxylation is 1. The minimum absolute atomic E-state index is 0.251. The highest BCUT2D eigenvalue weighted by molar-refractivity contribution is 5.80. The van der Waals surface area contributed by atoms with Crippen molar-refractivity contribution in [3.05, 3.63) is 45.2 Å². The maximum Gasteiger partial charge on any atom is 0.192 e. The van der Waals surface area contributed by atoms with Crippen molar-refractivity contribution >= 4 is 10.9 Å². The van der Waals surface area contributed by atoms with E-state index in [1.807, 2.05) is 0 Å². The number of aromatic nitrogens is 1. The number of fused-ring (bicyclic) bond motifs is 2. The van der Waals surface area contributed by atoms with Crippen LogP contribution in [0.3, 0.4) is 0 Å². The van der Waals surface area contributed by atoms with Gasteiger partial charge in [-0.05, 0) is 49.3 Å². The fraction of sp³-hybridized carbons (Fsp3) is 0.438. The van der Waals surface area contributed by atoms with Gasteiger partial charge in [0.2, 0.25) is 0 Å². The number of aromatic amines is 1. The lowest BCUT2D eigenvalue weighted by Crippen LogP contribution is -2.11. The van der Waals surface area contributed by atoms with E-state index in [9.17, 15) is 4.79 Å². The molecule has 0 saturated heterocycles. The summed E-state index contributed by atoms with van der Waals surface area (Å²) in [6.45, 7) is 4.39. The minimum atomic E-state index is 0.251. The van der Waals surface area contributed by atoms with Gasteiger partial charge in [0.15, 0.2) is 5.43 Å². The number of hydrogen-bond acceptors (Lipinski definition) is 1. The first kappa shape index (κ1) is 11.5. The second kappa shape index (κ2) is 4.27. The third-order valence-electron chi connectivity index (χ3n) is 4.25. The highest BCUT2D eigenvalue weighted by Crippen LogP contribution is 2.24. The van der Waals surface area contributed by atoms with Gasteiger partial charge in [0.25, 0.3) is 0 Å². The molecule has 0 radical (unpaired) electrons. The summed E-state index contributed by atoms with van der Waals surface area (Å²) in [5.41, 5.74) is 4.69. The van der Waals surface area contributed by atoms with Gasteiger partial charge in [0.1, 0.15) is 0 Å². The zero-order chi connectivity index (χ0) is 12.7. The molecule has 1 unspecified atom stereocenters. The normalized spacial score (nSPS) is 15.9. The van der Waals surface area contributed by atoms with E-state index in [1.165, 1.54) is 5.56 Å². The molecule has 0 saturated carbocycles. The Labute approximate surface area is 107 Å². The molecule has 0 amide bonds.